The van der Waals surface area contributed by atoms with Gasteiger partial charge in [0, 0.05) is 10.9 Å². The molecule has 0 aliphatic heterocycles. The Bertz CT molecular complexity index is 1760. The summed E-state index contributed by atoms with van der Waals surface area (Å²) in [5.41, 5.74) is -1.12. The SMILES string of the molecule is CCOC(=O)c1c(C(F)(F)F)nc2c(c(C)nn2-c2ccccc2)c1-c1cccc2cccc(C(=O)OCC)c12. The Morgan fingerprint density at radius 3 is 2.15 bits per heavy atom. The first kappa shape index (κ1) is 26.9. The van der Waals surface area contributed by atoms with Gasteiger partial charge in [0.2, 0.25) is 0 Å². The molecule has 0 spiro atoms. The lowest BCUT2D eigenvalue weighted by Crippen LogP contribution is -2.19. The molecule has 0 atom stereocenters. The van der Waals surface area contributed by atoms with E-state index in [0.717, 1.165) is 0 Å². The topological polar surface area (TPSA) is 83.3 Å². The fraction of sp³-hybridized carbons (Fsp3) is 0.200. The van der Waals surface area contributed by atoms with Crippen molar-refractivity contribution in [1.29, 1.82) is 0 Å². The molecule has 2 heterocycles. The predicted octanol–water partition coefficient (Wildman–Crippen LogP) is 6.92. The van der Waals surface area contributed by atoms with Crippen molar-refractivity contribution in [1.82, 2.24) is 14.8 Å². The average molecular weight is 548 g/mol. The summed E-state index contributed by atoms with van der Waals surface area (Å²) in [5.74, 6) is -1.83. The molecule has 0 aliphatic rings. The van der Waals surface area contributed by atoms with Crippen molar-refractivity contribution < 1.29 is 32.2 Å². The smallest absolute Gasteiger partial charge is 0.434 e. The lowest BCUT2D eigenvalue weighted by Gasteiger charge is -2.19. The molecule has 5 rings (SSSR count). The molecular weight excluding hydrogens is 523 g/mol. The monoisotopic (exact) mass is 547 g/mol. The van der Waals surface area contributed by atoms with Crippen molar-refractivity contribution in [2.75, 3.05) is 13.2 Å². The van der Waals surface area contributed by atoms with Crippen LogP contribution in [0.4, 0.5) is 13.2 Å². The van der Waals surface area contributed by atoms with Gasteiger partial charge in [-0.15, -0.1) is 0 Å². The maximum atomic E-state index is 14.7. The minimum atomic E-state index is -5.01. The summed E-state index contributed by atoms with van der Waals surface area (Å²) in [6.45, 7) is 4.75. The number of halogens is 3. The molecule has 0 aliphatic carbocycles. The van der Waals surface area contributed by atoms with Crippen molar-refractivity contribution in [3.05, 3.63) is 89.2 Å². The largest absolute Gasteiger partial charge is 0.462 e. The van der Waals surface area contributed by atoms with Gasteiger partial charge in [-0.3, -0.25) is 0 Å². The predicted molar refractivity (Wildman–Crippen MR) is 143 cm³/mol. The second-order valence-electron chi connectivity index (χ2n) is 8.89. The van der Waals surface area contributed by atoms with Crippen molar-refractivity contribution in [2.24, 2.45) is 0 Å². The van der Waals surface area contributed by atoms with Crippen LogP contribution >= 0.6 is 0 Å². The van der Waals surface area contributed by atoms with Crippen LogP contribution in [0.5, 0.6) is 0 Å². The van der Waals surface area contributed by atoms with E-state index in [2.05, 4.69) is 10.1 Å². The summed E-state index contributed by atoms with van der Waals surface area (Å²) in [4.78, 5) is 30.3. The first-order valence-electron chi connectivity index (χ1n) is 12.6. The normalized spacial score (nSPS) is 11.7. The van der Waals surface area contributed by atoms with E-state index in [4.69, 9.17) is 9.47 Å². The maximum Gasteiger partial charge on any atom is 0.434 e. The van der Waals surface area contributed by atoms with Gasteiger partial charge in [0.25, 0.3) is 0 Å². The number of hydrogen-bond acceptors (Lipinski definition) is 6. The Hall–Kier alpha value is -4.73. The Morgan fingerprint density at radius 2 is 1.50 bits per heavy atom. The number of carbonyl (C=O) groups is 2. The van der Waals surface area contributed by atoms with Crippen LogP contribution in [0.3, 0.4) is 0 Å². The van der Waals surface area contributed by atoms with Gasteiger partial charge in [-0.05, 0) is 49.9 Å². The second-order valence-corrected chi connectivity index (χ2v) is 8.89. The quantitative estimate of drug-likeness (QED) is 0.215. The van der Waals surface area contributed by atoms with Gasteiger partial charge in [0.1, 0.15) is 0 Å². The molecule has 0 N–H and O–H groups in total. The zero-order valence-electron chi connectivity index (χ0n) is 21.9. The van der Waals surface area contributed by atoms with Gasteiger partial charge in [-0.1, -0.05) is 48.5 Å². The molecule has 0 saturated heterocycles. The minimum Gasteiger partial charge on any atom is -0.462 e. The molecule has 0 saturated carbocycles. The van der Waals surface area contributed by atoms with E-state index in [1.54, 1.807) is 74.5 Å². The number of fused-ring (bicyclic) bond motifs is 2. The van der Waals surface area contributed by atoms with Gasteiger partial charge in [0.15, 0.2) is 11.3 Å². The zero-order valence-corrected chi connectivity index (χ0v) is 21.9. The van der Waals surface area contributed by atoms with Crippen LogP contribution < -0.4 is 0 Å². The van der Waals surface area contributed by atoms with Crippen LogP contribution in [0.1, 0.15) is 46.0 Å². The summed E-state index contributed by atoms with van der Waals surface area (Å²) in [6, 6.07) is 18.5. The number of benzene rings is 3. The summed E-state index contributed by atoms with van der Waals surface area (Å²) >= 11 is 0. The van der Waals surface area contributed by atoms with Gasteiger partial charge >= 0.3 is 18.1 Å². The van der Waals surface area contributed by atoms with Crippen LogP contribution in [-0.2, 0) is 15.7 Å². The number of aryl methyl sites for hydroxylation is 1. The molecular formula is C30H24F3N3O4. The molecule has 10 heteroatoms. The van der Waals surface area contributed by atoms with E-state index in [0.29, 0.717) is 22.2 Å². The van der Waals surface area contributed by atoms with E-state index >= 15 is 0 Å². The molecule has 5 aromatic rings. The molecule has 204 valence electrons. The third-order valence-corrected chi connectivity index (χ3v) is 6.41. The highest BCUT2D eigenvalue weighted by Gasteiger charge is 2.42. The Kier molecular flexibility index (Phi) is 7.01. The molecule has 0 amide bonds. The number of ether oxygens (including phenoxy) is 2. The fourth-order valence-electron chi connectivity index (χ4n) is 4.87. The van der Waals surface area contributed by atoms with Gasteiger partial charge < -0.3 is 9.47 Å². The summed E-state index contributed by atoms with van der Waals surface area (Å²) in [7, 11) is 0. The van der Waals surface area contributed by atoms with Crippen LogP contribution in [0.25, 0.3) is 38.6 Å². The molecule has 0 radical (unpaired) electrons. The van der Waals surface area contributed by atoms with E-state index < -0.39 is 29.4 Å². The van der Waals surface area contributed by atoms with Gasteiger partial charge in [-0.2, -0.15) is 18.3 Å². The highest BCUT2D eigenvalue weighted by atomic mass is 19.4. The maximum absolute atomic E-state index is 14.7. The van der Waals surface area contributed by atoms with E-state index in [1.165, 1.54) is 17.7 Å². The lowest BCUT2D eigenvalue weighted by atomic mass is 9.89. The van der Waals surface area contributed by atoms with Crippen LogP contribution in [0.15, 0.2) is 66.7 Å². The number of nitrogens with zero attached hydrogens (tertiary/aromatic N) is 3. The number of para-hydroxylation sites is 1. The van der Waals surface area contributed by atoms with E-state index in [9.17, 15) is 22.8 Å². The Balaban J connectivity index is 2.02. The Morgan fingerprint density at radius 1 is 0.850 bits per heavy atom. The lowest BCUT2D eigenvalue weighted by molar-refractivity contribution is -0.141. The minimum absolute atomic E-state index is 0.0715. The Labute approximate surface area is 227 Å². The molecule has 7 nitrogen and oxygen atoms in total. The molecule has 2 aromatic heterocycles. The zero-order chi connectivity index (χ0) is 28.6. The number of pyridine rings is 1. The van der Waals surface area contributed by atoms with Crippen molar-refractivity contribution in [3.8, 4) is 16.8 Å². The molecule has 0 fully saturated rings. The third kappa shape index (κ3) is 4.55. The molecule has 3 aromatic carbocycles. The third-order valence-electron chi connectivity index (χ3n) is 6.41. The molecule has 40 heavy (non-hydrogen) atoms. The number of hydrogen-bond donors (Lipinski definition) is 0. The van der Waals surface area contributed by atoms with E-state index in [1.807, 2.05) is 0 Å². The number of aromatic nitrogens is 3. The van der Waals surface area contributed by atoms with Crippen molar-refractivity contribution in [2.45, 2.75) is 26.9 Å². The number of carbonyl (C=O) groups excluding carboxylic acids is 2. The summed E-state index contributed by atoms with van der Waals surface area (Å²) in [5, 5.41) is 5.66. The molecule has 0 bridgehead atoms. The van der Waals surface area contributed by atoms with E-state index in [-0.39, 0.29) is 40.9 Å². The molecule has 0 unspecified atom stereocenters. The highest BCUT2D eigenvalue weighted by molar-refractivity contribution is 6.17. The second kappa shape index (κ2) is 10.4. The van der Waals surface area contributed by atoms with Crippen LogP contribution in [0, 0.1) is 6.92 Å². The first-order chi connectivity index (χ1) is 19.2. The van der Waals surface area contributed by atoms with Crippen LogP contribution in [-0.4, -0.2) is 39.9 Å². The summed E-state index contributed by atoms with van der Waals surface area (Å²) < 4.78 is 55.7. The van der Waals surface area contributed by atoms with Gasteiger partial charge in [0.05, 0.1) is 41.1 Å². The average Bonchev–Trinajstić information content (AvgIpc) is 3.27. The van der Waals surface area contributed by atoms with Gasteiger partial charge in [-0.25, -0.2) is 19.3 Å². The number of rotatable bonds is 6. The summed E-state index contributed by atoms with van der Waals surface area (Å²) in [6.07, 6.45) is -5.01. The van der Waals surface area contributed by atoms with Crippen molar-refractivity contribution >= 4 is 33.7 Å². The van der Waals surface area contributed by atoms with Crippen LogP contribution in [0.2, 0.25) is 0 Å². The van der Waals surface area contributed by atoms with Crippen molar-refractivity contribution in [3.63, 3.8) is 0 Å². The first-order valence-corrected chi connectivity index (χ1v) is 12.6. The standard InChI is InChI=1S/C30H24F3N3O4/c1-4-39-28(37)21-16-10-12-18-11-9-15-20(23(18)21)24-22-17(3)35-36(19-13-7-6-8-14-19)27(22)34-26(30(31,32)33)25(24)29(38)40-5-2/h6-16H,4-5H2,1-3H3. The number of alkyl halides is 3. The fourth-order valence-corrected chi connectivity index (χ4v) is 4.87. The number of esters is 2. The highest BCUT2D eigenvalue weighted by Crippen LogP contribution is 2.44.